The first-order valence-corrected chi connectivity index (χ1v) is 5.46. The first-order valence-electron chi connectivity index (χ1n) is 5.46. The van der Waals surface area contributed by atoms with Crippen molar-refractivity contribution in [3.05, 3.63) is 29.3 Å². The molecular weight excluding hydrogens is 220 g/mol. The minimum absolute atomic E-state index is 0.137. The third-order valence-corrected chi connectivity index (χ3v) is 2.77. The predicted octanol–water partition coefficient (Wildman–Crippen LogP) is 1.07. The Labute approximate surface area is 98.9 Å². The minimum atomic E-state index is -0.505. The molecule has 0 saturated carbocycles. The number of amides is 1. The molecular formula is C12H14N2O3. The zero-order valence-corrected chi connectivity index (χ0v) is 9.35. The summed E-state index contributed by atoms with van der Waals surface area (Å²) in [4.78, 5) is 10.7. The van der Waals surface area contributed by atoms with E-state index in [4.69, 9.17) is 15.7 Å². The molecule has 0 heterocycles. The van der Waals surface area contributed by atoms with Crippen LogP contribution in [0.3, 0.4) is 0 Å². The third kappa shape index (κ3) is 2.38. The van der Waals surface area contributed by atoms with Gasteiger partial charge in [-0.1, -0.05) is 17.3 Å². The van der Waals surface area contributed by atoms with E-state index >= 15 is 0 Å². The van der Waals surface area contributed by atoms with Gasteiger partial charge < -0.3 is 15.7 Å². The number of nitrogens with zero attached hydrogens (tertiary/aromatic N) is 1. The molecule has 0 radical (unpaired) electrons. The highest BCUT2D eigenvalue weighted by atomic mass is 16.5. The maximum Gasteiger partial charge on any atom is 0.255 e. The van der Waals surface area contributed by atoms with E-state index in [0.717, 1.165) is 30.4 Å². The molecule has 1 aliphatic rings. The quantitative estimate of drug-likeness (QED) is 0.606. The summed E-state index contributed by atoms with van der Waals surface area (Å²) in [6.45, 7) is -0.137. The molecule has 0 bridgehead atoms. The van der Waals surface area contributed by atoms with Crippen molar-refractivity contribution in [3.63, 3.8) is 0 Å². The van der Waals surface area contributed by atoms with Gasteiger partial charge >= 0.3 is 0 Å². The Morgan fingerprint density at radius 2 is 2.29 bits per heavy atom. The van der Waals surface area contributed by atoms with Crippen LogP contribution in [0.2, 0.25) is 0 Å². The topological polar surface area (TPSA) is 84.9 Å². The summed E-state index contributed by atoms with van der Waals surface area (Å²) < 4.78 is 5.35. The molecule has 0 aliphatic heterocycles. The molecule has 90 valence electrons. The zero-order chi connectivity index (χ0) is 12.3. The van der Waals surface area contributed by atoms with Gasteiger partial charge in [-0.05, 0) is 25.3 Å². The van der Waals surface area contributed by atoms with Gasteiger partial charge in [-0.15, -0.1) is 0 Å². The van der Waals surface area contributed by atoms with Gasteiger partial charge in [0.2, 0.25) is 0 Å². The van der Waals surface area contributed by atoms with Crippen LogP contribution in [0.5, 0.6) is 5.75 Å². The lowest BCUT2D eigenvalue weighted by molar-refractivity contribution is -0.119. The lowest BCUT2D eigenvalue weighted by Gasteiger charge is -2.19. The van der Waals surface area contributed by atoms with E-state index in [1.807, 2.05) is 12.1 Å². The number of primary amides is 1. The number of carbonyl (C=O) groups excluding carboxylic acids is 1. The number of carbonyl (C=O) groups is 1. The van der Waals surface area contributed by atoms with Crippen LogP contribution in [0.25, 0.3) is 0 Å². The molecule has 5 nitrogen and oxygen atoms in total. The first kappa shape index (κ1) is 11.4. The van der Waals surface area contributed by atoms with Crippen molar-refractivity contribution in [1.29, 1.82) is 0 Å². The first-order chi connectivity index (χ1) is 8.22. The number of benzene rings is 1. The monoisotopic (exact) mass is 234 g/mol. The van der Waals surface area contributed by atoms with Crippen LogP contribution in [0, 0.1) is 0 Å². The van der Waals surface area contributed by atoms with Crippen LogP contribution in [-0.2, 0) is 11.2 Å². The number of oxime groups is 1. The van der Waals surface area contributed by atoms with E-state index in [-0.39, 0.29) is 6.61 Å². The summed E-state index contributed by atoms with van der Waals surface area (Å²) in [6, 6.07) is 5.49. The number of nitrogens with two attached hydrogens (primary N) is 1. The lowest BCUT2D eigenvalue weighted by atomic mass is 9.89. The summed E-state index contributed by atoms with van der Waals surface area (Å²) in [5.41, 5.74) is 7.57. The Bertz CT molecular complexity index is 469. The molecule has 0 spiro atoms. The summed E-state index contributed by atoms with van der Waals surface area (Å²) in [5.74, 6) is 0.136. The maximum atomic E-state index is 10.7. The smallest absolute Gasteiger partial charge is 0.255 e. The SMILES string of the molecule is NC(=O)COc1cccc2c1CCCC2=NO. The molecule has 0 saturated heterocycles. The fourth-order valence-corrected chi connectivity index (χ4v) is 2.05. The molecule has 1 aromatic rings. The Balaban J connectivity index is 2.32. The van der Waals surface area contributed by atoms with Crippen LogP contribution in [0.15, 0.2) is 23.4 Å². The Morgan fingerprint density at radius 3 is 3.00 bits per heavy atom. The molecule has 5 heteroatoms. The van der Waals surface area contributed by atoms with Crippen molar-refractivity contribution in [3.8, 4) is 5.75 Å². The fourth-order valence-electron chi connectivity index (χ4n) is 2.05. The minimum Gasteiger partial charge on any atom is -0.483 e. The van der Waals surface area contributed by atoms with Gasteiger partial charge in [-0.3, -0.25) is 4.79 Å². The van der Waals surface area contributed by atoms with Gasteiger partial charge in [0, 0.05) is 11.1 Å². The van der Waals surface area contributed by atoms with Gasteiger partial charge in [-0.25, -0.2) is 0 Å². The van der Waals surface area contributed by atoms with Crippen molar-refractivity contribution in [2.24, 2.45) is 10.9 Å². The Morgan fingerprint density at radius 1 is 1.47 bits per heavy atom. The maximum absolute atomic E-state index is 10.7. The molecule has 3 N–H and O–H groups in total. The van der Waals surface area contributed by atoms with Crippen molar-refractivity contribution in [1.82, 2.24) is 0 Å². The Kier molecular flexibility index (Phi) is 3.27. The molecule has 17 heavy (non-hydrogen) atoms. The predicted molar refractivity (Wildman–Crippen MR) is 62.4 cm³/mol. The number of rotatable bonds is 3. The summed E-state index contributed by atoms with van der Waals surface area (Å²) in [5, 5.41) is 12.2. The molecule has 0 unspecified atom stereocenters. The molecule has 0 aromatic heterocycles. The van der Waals surface area contributed by atoms with Crippen molar-refractivity contribution >= 4 is 11.6 Å². The standard InChI is InChI=1S/C12H14N2O3/c13-12(15)7-17-11-6-2-3-8-9(11)4-1-5-10(8)14-16/h2-3,6,16H,1,4-5,7H2,(H2,13,15). The zero-order valence-electron chi connectivity index (χ0n) is 9.35. The second-order valence-electron chi connectivity index (χ2n) is 3.94. The van der Waals surface area contributed by atoms with E-state index in [0.29, 0.717) is 11.5 Å². The summed E-state index contributed by atoms with van der Waals surface area (Å²) in [6.07, 6.45) is 2.51. The average Bonchev–Trinajstić information content (AvgIpc) is 2.35. The van der Waals surface area contributed by atoms with Crippen LogP contribution in [0.4, 0.5) is 0 Å². The van der Waals surface area contributed by atoms with E-state index in [9.17, 15) is 4.79 Å². The second-order valence-corrected chi connectivity index (χ2v) is 3.94. The van der Waals surface area contributed by atoms with Crippen molar-refractivity contribution < 1.29 is 14.7 Å². The molecule has 1 amide bonds. The molecule has 1 aliphatic carbocycles. The molecule has 1 aromatic carbocycles. The lowest BCUT2D eigenvalue weighted by Crippen LogP contribution is -2.21. The summed E-state index contributed by atoms with van der Waals surface area (Å²) in [7, 11) is 0. The van der Waals surface area contributed by atoms with Gasteiger partial charge in [0.1, 0.15) is 5.75 Å². The average molecular weight is 234 g/mol. The Hall–Kier alpha value is -2.04. The van der Waals surface area contributed by atoms with Gasteiger partial charge in [0.25, 0.3) is 5.91 Å². The number of fused-ring (bicyclic) bond motifs is 1. The van der Waals surface area contributed by atoms with E-state index in [2.05, 4.69) is 5.16 Å². The van der Waals surface area contributed by atoms with Gasteiger partial charge in [0.15, 0.2) is 6.61 Å². The number of hydrogen-bond donors (Lipinski definition) is 2. The molecule has 2 rings (SSSR count). The highest BCUT2D eigenvalue weighted by Crippen LogP contribution is 2.29. The number of ether oxygens (including phenoxy) is 1. The van der Waals surface area contributed by atoms with Crippen LogP contribution >= 0.6 is 0 Å². The number of hydrogen-bond acceptors (Lipinski definition) is 4. The largest absolute Gasteiger partial charge is 0.483 e. The fraction of sp³-hybridized carbons (Fsp3) is 0.333. The highest BCUT2D eigenvalue weighted by Gasteiger charge is 2.19. The van der Waals surface area contributed by atoms with E-state index < -0.39 is 5.91 Å². The van der Waals surface area contributed by atoms with Crippen LogP contribution in [0.1, 0.15) is 24.0 Å². The summed E-state index contributed by atoms with van der Waals surface area (Å²) >= 11 is 0. The van der Waals surface area contributed by atoms with E-state index in [1.165, 1.54) is 0 Å². The van der Waals surface area contributed by atoms with Crippen LogP contribution < -0.4 is 10.5 Å². The van der Waals surface area contributed by atoms with Crippen molar-refractivity contribution in [2.75, 3.05) is 6.61 Å². The normalized spacial score (nSPS) is 16.6. The van der Waals surface area contributed by atoms with Gasteiger partial charge in [0.05, 0.1) is 5.71 Å². The van der Waals surface area contributed by atoms with Crippen LogP contribution in [-0.4, -0.2) is 23.4 Å². The molecule has 0 fully saturated rings. The third-order valence-electron chi connectivity index (χ3n) is 2.77. The van der Waals surface area contributed by atoms with Crippen molar-refractivity contribution in [2.45, 2.75) is 19.3 Å². The second kappa shape index (κ2) is 4.86. The highest BCUT2D eigenvalue weighted by molar-refractivity contribution is 6.02. The van der Waals surface area contributed by atoms with Gasteiger partial charge in [-0.2, -0.15) is 0 Å². The van der Waals surface area contributed by atoms with E-state index in [1.54, 1.807) is 6.07 Å². The molecule has 0 atom stereocenters.